The number of nitrogens with zero attached hydrogens (tertiary/aromatic N) is 1. The highest BCUT2D eigenvalue weighted by atomic mass is 32.1. The molecule has 1 amide bonds. The Hall–Kier alpha value is -3.46. The number of benzene rings is 2. The van der Waals surface area contributed by atoms with Crippen LogP contribution in [0.3, 0.4) is 0 Å². The first kappa shape index (κ1) is 25.2. The van der Waals surface area contributed by atoms with E-state index < -0.39 is 30.2 Å². The summed E-state index contributed by atoms with van der Waals surface area (Å²) < 4.78 is 39.5. The number of anilines is 2. The van der Waals surface area contributed by atoms with Crippen LogP contribution in [0, 0.1) is 18.6 Å². The third kappa shape index (κ3) is 5.36. The van der Waals surface area contributed by atoms with Gasteiger partial charge in [-0.3, -0.25) is 4.90 Å². The summed E-state index contributed by atoms with van der Waals surface area (Å²) in [5, 5.41) is 0.187. The van der Waals surface area contributed by atoms with Gasteiger partial charge < -0.3 is 15.2 Å². The van der Waals surface area contributed by atoms with E-state index in [1.54, 1.807) is 38.1 Å². The van der Waals surface area contributed by atoms with Crippen molar-refractivity contribution in [1.82, 2.24) is 0 Å². The topological polar surface area (TPSA) is 81.9 Å². The van der Waals surface area contributed by atoms with Crippen LogP contribution < -0.4 is 10.6 Å². The molecule has 1 aromatic heterocycles. The molecule has 0 unspecified atom stereocenters. The zero-order chi connectivity index (χ0) is 24.8. The molecule has 0 saturated heterocycles. The first-order valence-corrected chi connectivity index (χ1v) is 11.6. The lowest BCUT2D eigenvalue weighted by Crippen LogP contribution is -2.32. The average molecular weight is 489 g/mol. The molecule has 34 heavy (non-hydrogen) atoms. The highest BCUT2D eigenvalue weighted by Crippen LogP contribution is 2.43. The molecule has 0 atom stereocenters. The molecule has 2 aromatic carbocycles. The Labute approximate surface area is 200 Å². The van der Waals surface area contributed by atoms with Gasteiger partial charge in [0.2, 0.25) is 0 Å². The zero-order valence-corrected chi connectivity index (χ0v) is 20.0. The monoisotopic (exact) mass is 488 g/mol. The summed E-state index contributed by atoms with van der Waals surface area (Å²) in [7, 11) is 0. The number of hydrogen-bond acceptors (Lipinski definition) is 6. The van der Waals surface area contributed by atoms with Crippen molar-refractivity contribution in [2.24, 2.45) is 0 Å². The van der Waals surface area contributed by atoms with Crippen LogP contribution in [0.2, 0.25) is 0 Å². The maximum atomic E-state index is 14.5. The molecule has 0 saturated carbocycles. The van der Waals surface area contributed by atoms with Crippen LogP contribution in [-0.2, 0) is 16.0 Å². The van der Waals surface area contributed by atoms with Crippen LogP contribution in [0.1, 0.15) is 41.8 Å². The van der Waals surface area contributed by atoms with Crippen molar-refractivity contribution in [1.29, 1.82) is 0 Å². The highest BCUT2D eigenvalue weighted by Gasteiger charge is 2.31. The smallest absolute Gasteiger partial charge is 0.415 e. The predicted octanol–water partition coefficient (Wildman–Crippen LogP) is 6.31. The van der Waals surface area contributed by atoms with Crippen LogP contribution >= 0.6 is 11.3 Å². The second-order valence-corrected chi connectivity index (χ2v) is 8.48. The molecule has 0 radical (unpaired) electrons. The number of thiophene rings is 1. The lowest BCUT2D eigenvalue weighted by Gasteiger charge is -2.22. The Morgan fingerprint density at radius 2 is 1.68 bits per heavy atom. The van der Waals surface area contributed by atoms with Gasteiger partial charge in [0.15, 0.2) is 0 Å². The van der Waals surface area contributed by atoms with Gasteiger partial charge in [-0.25, -0.2) is 18.4 Å². The van der Waals surface area contributed by atoms with Crippen molar-refractivity contribution in [3.8, 4) is 10.4 Å². The van der Waals surface area contributed by atoms with E-state index in [9.17, 15) is 18.4 Å². The van der Waals surface area contributed by atoms with E-state index in [0.717, 1.165) is 33.9 Å². The third-order valence-electron chi connectivity index (χ3n) is 5.05. The SMILES string of the molecule is CCCOC(=O)N(Cc1c(F)cccc1F)c1sc(-c2ccc(N)cc2)c(C)c1C(=O)OCC. The molecule has 0 fully saturated rings. The number of ether oxygens (including phenoxy) is 2. The third-order valence-corrected chi connectivity index (χ3v) is 6.42. The number of rotatable bonds is 8. The largest absolute Gasteiger partial charge is 0.462 e. The van der Waals surface area contributed by atoms with E-state index in [1.807, 2.05) is 6.92 Å². The maximum Gasteiger partial charge on any atom is 0.415 e. The van der Waals surface area contributed by atoms with E-state index in [4.69, 9.17) is 15.2 Å². The van der Waals surface area contributed by atoms with Gasteiger partial charge in [0.1, 0.15) is 16.6 Å². The Morgan fingerprint density at radius 1 is 1.03 bits per heavy atom. The maximum absolute atomic E-state index is 14.5. The van der Waals surface area contributed by atoms with Gasteiger partial charge in [0.25, 0.3) is 0 Å². The minimum Gasteiger partial charge on any atom is -0.462 e. The fourth-order valence-electron chi connectivity index (χ4n) is 3.37. The van der Waals surface area contributed by atoms with Gasteiger partial charge in [0.05, 0.1) is 25.3 Å². The number of nitrogens with two attached hydrogens (primary N) is 1. The Kier molecular flexibility index (Phi) is 8.22. The van der Waals surface area contributed by atoms with Gasteiger partial charge in [-0.2, -0.15) is 0 Å². The summed E-state index contributed by atoms with van der Waals surface area (Å²) in [6, 6.07) is 10.5. The Bertz CT molecular complexity index is 1160. The van der Waals surface area contributed by atoms with Crippen molar-refractivity contribution in [3.05, 3.63) is 70.8 Å². The molecule has 9 heteroatoms. The lowest BCUT2D eigenvalue weighted by atomic mass is 10.1. The molecule has 180 valence electrons. The second kappa shape index (κ2) is 11.1. The van der Waals surface area contributed by atoms with Crippen molar-refractivity contribution in [3.63, 3.8) is 0 Å². The van der Waals surface area contributed by atoms with Gasteiger partial charge in [0, 0.05) is 16.1 Å². The predicted molar refractivity (Wildman–Crippen MR) is 129 cm³/mol. The van der Waals surface area contributed by atoms with E-state index >= 15 is 0 Å². The van der Waals surface area contributed by atoms with Crippen molar-refractivity contribution in [2.45, 2.75) is 33.7 Å². The van der Waals surface area contributed by atoms with Gasteiger partial charge in [-0.1, -0.05) is 25.1 Å². The minimum absolute atomic E-state index is 0.110. The first-order valence-electron chi connectivity index (χ1n) is 10.8. The Morgan fingerprint density at radius 3 is 2.26 bits per heavy atom. The summed E-state index contributed by atoms with van der Waals surface area (Å²) in [6.45, 7) is 4.99. The molecule has 6 nitrogen and oxygen atoms in total. The van der Waals surface area contributed by atoms with Crippen molar-refractivity contribution < 1.29 is 27.8 Å². The highest BCUT2D eigenvalue weighted by molar-refractivity contribution is 7.20. The van der Waals surface area contributed by atoms with Crippen LogP contribution in [0.15, 0.2) is 42.5 Å². The number of carbonyl (C=O) groups is 2. The summed E-state index contributed by atoms with van der Waals surface area (Å²) in [6.07, 6.45) is -0.265. The van der Waals surface area contributed by atoms with E-state index in [2.05, 4.69) is 0 Å². The van der Waals surface area contributed by atoms with Gasteiger partial charge in [-0.15, -0.1) is 11.3 Å². The van der Waals surface area contributed by atoms with Crippen molar-refractivity contribution >= 4 is 34.1 Å². The Balaban J connectivity index is 2.19. The van der Waals surface area contributed by atoms with E-state index in [0.29, 0.717) is 22.5 Å². The second-order valence-electron chi connectivity index (χ2n) is 7.48. The molecule has 2 N–H and O–H groups in total. The standard InChI is InChI=1S/C25H26F2N2O4S/c1-4-13-33-25(31)29(14-18-19(26)7-6-8-20(18)27)23-21(24(30)32-5-2)15(3)22(34-23)16-9-11-17(28)12-10-16/h6-12H,4-5,13-14,28H2,1-3H3. The molecule has 0 aliphatic rings. The minimum atomic E-state index is -0.819. The number of carbonyl (C=O) groups excluding carboxylic acids is 2. The summed E-state index contributed by atoms with van der Waals surface area (Å²) in [5.74, 6) is -2.26. The van der Waals surface area contributed by atoms with Crippen molar-refractivity contribution in [2.75, 3.05) is 23.8 Å². The van der Waals surface area contributed by atoms with Gasteiger partial charge in [-0.05, 0) is 55.7 Å². The molecule has 0 spiro atoms. The molecule has 1 heterocycles. The number of amides is 1. The molecular weight excluding hydrogens is 462 g/mol. The molecule has 3 rings (SSSR count). The number of halogens is 2. The molecular formula is C25H26F2N2O4S. The normalized spacial score (nSPS) is 10.7. The van der Waals surface area contributed by atoms with Gasteiger partial charge >= 0.3 is 12.1 Å². The first-order chi connectivity index (χ1) is 16.3. The van der Waals surface area contributed by atoms with Crippen LogP contribution in [0.5, 0.6) is 0 Å². The molecule has 0 aliphatic carbocycles. The van der Waals surface area contributed by atoms with E-state index in [-0.39, 0.29) is 29.3 Å². The molecule has 0 bridgehead atoms. The lowest BCUT2D eigenvalue weighted by molar-refractivity contribution is 0.0527. The quantitative estimate of drug-likeness (QED) is 0.297. The summed E-state index contributed by atoms with van der Waals surface area (Å²) >= 11 is 1.14. The number of esters is 1. The average Bonchev–Trinajstić information content (AvgIpc) is 3.14. The summed E-state index contributed by atoms with van der Waals surface area (Å²) in [4.78, 5) is 27.8. The summed E-state index contributed by atoms with van der Waals surface area (Å²) in [5.41, 5.74) is 7.55. The fraction of sp³-hybridized carbons (Fsp3) is 0.280. The fourth-order valence-corrected chi connectivity index (χ4v) is 4.66. The number of hydrogen-bond donors (Lipinski definition) is 1. The number of nitrogen functional groups attached to an aromatic ring is 1. The van der Waals surface area contributed by atoms with Crippen LogP contribution in [-0.4, -0.2) is 25.3 Å². The zero-order valence-electron chi connectivity index (χ0n) is 19.2. The van der Waals surface area contributed by atoms with Crippen LogP contribution in [0.4, 0.5) is 24.3 Å². The molecule has 0 aliphatic heterocycles. The van der Waals surface area contributed by atoms with Crippen LogP contribution in [0.25, 0.3) is 10.4 Å². The molecule has 3 aromatic rings. The van der Waals surface area contributed by atoms with E-state index in [1.165, 1.54) is 6.07 Å².